The van der Waals surface area contributed by atoms with Crippen LogP contribution in [0.3, 0.4) is 0 Å². The van der Waals surface area contributed by atoms with E-state index in [9.17, 15) is 0 Å². The normalized spacial score (nSPS) is 12.8. The number of hydrogen-bond acceptors (Lipinski definition) is 2. The monoisotopic (exact) mass is 221 g/mol. The number of methoxy groups -OCH3 is 1. The first-order valence-corrected chi connectivity index (χ1v) is 6.11. The molecule has 1 rings (SSSR count). The van der Waals surface area contributed by atoms with Crippen molar-refractivity contribution in [2.45, 2.75) is 45.7 Å². The molecule has 0 aliphatic heterocycles. The topological polar surface area (TPSA) is 21.3 Å². The molecule has 0 bridgehead atoms. The molecule has 1 N–H and O–H groups in total. The van der Waals surface area contributed by atoms with Gasteiger partial charge in [-0.15, -0.1) is 0 Å². The summed E-state index contributed by atoms with van der Waals surface area (Å²) in [5.74, 6) is 0.966. The molecule has 1 atom stereocenters. The predicted octanol–water partition coefficient (Wildman–Crippen LogP) is 3.53. The third-order valence-corrected chi connectivity index (χ3v) is 3.08. The summed E-state index contributed by atoms with van der Waals surface area (Å²) in [5, 5.41) is 3.63. The zero-order chi connectivity index (χ0) is 12.0. The second-order valence-electron chi connectivity index (χ2n) is 4.14. The first-order valence-electron chi connectivity index (χ1n) is 6.11. The summed E-state index contributed by atoms with van der Waals surface area (Å²) in [6.07, 6.45) is 2.33. The van der Waals surface area contributed by atoms with Crippen LogP contribution in [0.15, 0.2) is 24.3 Å². The number of rotatable bonds is 6. The van der Waals surface area contributed by atoms with Gasteiger partial charge in [0.2, 0.25) is 0 Å². The van der Waals surface area contributed by atoms with E-state index in [1.165, 1.54) is 5.56 Å². The Labute approximate surface area is 99.0 Å². The Morgan fingerprint density at radius 3 is 2.38 bits per heavy atom. The molecular weight excluding hydrogens is 198 g/mol. The van der Waals surface area contributed by atoms with Crippen LogP contribution in [0.1, 0.15) is 45.2 Å². The van der Waals surface area contributed by atoms with Gasteiger partial charge in [-0.1, -0.05) is 32.0 Å². The standard InChI is InChI=1S/C14H23NO/c1-5-12(6-2)15-11(3)13-9-7-8-10-14(13)16-4/h7-12,15H,5-6H2,1-4H3/t11-/m0/s1. The maximum atomic E-state index is 5.38. The Balaban J connectivity index is 2.75. The van der Waals surface area contributed by atoms with Crippen molar-refractivity contribution < 1.29 is 4.74 Å². The van der Waals surface area contributed by atoms with E-state index in [4.69, 9.17) is 4.74 Å². The molecule has 1 aromatic carbocycles. The third-order valence-electron chi connectivity index (χ3n) is 3.08. The molecular formula is C14H23NO. The van der Waals surface area contributed by atoms with Crippen molar-refractivity contribution in [1.29, 1.82) is 0 Å². The van der Waals surface area contributed by atoms with Gasteiger partial charge in [0.25, 0.3) is 0 Å². The van der Waals surface area contributed by atoms with E-state index in [-0.39, 0.29) is 0 Å². The maximum Gasteiger partial charge on any atom is 0.123 e. The van der Waals surface area contributed by atoms with Crippen molar-refractivity contribution in [2.24, 2.45) is 0 Å². The first kappa shape index (κ1) is 13.0. The van der Waals surface area contributed by atoms with E-state index in [1.807, 2.05) is 12.1 Å². The van der Waals surface area contributed by atoms with E-state index in [0.717, 1.165) is 18.6 Å². The van der Waals surface area contributed by atoms with Gasteiger partial charge in [-0.3, -0.25) is 0 Å². The largest absolute Gasteiger partial charge is 0.496 e. The highest BCUT2D eigenvalue weighted by molar-refractivity contribution is 5.35. The van der Waals surface area contributed by atoms with Gasteiger partial charge < -0.3 is 10.1 Å². The summed E-state index contributed by atoms with van der Waals surface area (Å²) in [6, 6.07) is 9.12. The number of nitrogens with one attached hydrogen (secondary N) is 1. The lowest BCUT2D eigenvalue weighted by Crippen LogP contribution is -2.30. The molecule has 0 aromatic heterocycles. The summed E-state index contributed by atoms with van der Waals surface area (Å²) in [4.78, 5) is 0. The molecule has 90 valence electrons. The fraction of sp³-hybridized carbons (Fsp3) is 0.571. The number of benzene rings is 1. The molecule has 0 aliphatic rings. The highest BCUT2D eigenvalue weighted by Gasteiger charge is 2.13. The molecule has 16 heavy (non-hydrogen) atoms. The van der Waals surface area contributed by atoms with Crippen LogP contribution in [0.5, 0.6) is 5.75 Å². The molecule has 0 saturated heterocycles. The van der Waals surface area contributed by atoms with Crippen molar-refractivity contribution >= 4 is 0 Å². The lowest BCUT2D eigenvalue weighted by molar-refractivity contribution is 0.387. The summed E-state index contributed by atoms with van der Waals surface area (Å²) in [6.45, 7) is 6.63. The van der Waals surface area contributed by atoms with Crippen molar-refractivity contribution in [3.63, 3.8) is 0 Å². The van der Waals surface area contributed by atoms with E-state index in [1.54, 1.807) is 7.11 Å². The van der Waals surface area contributed by atoms with Crippen molar-refractivity contribution in [1.82, 2.24) is 5.32 Å². The van der Waals surface area contributed by atoms with Gasteiger partial charge in [0, 0.05) is 17.6 Å². The smallest absolute Gasteiger partial charge is 0.123 e. The van der Waals surface area contributed by atoms with E-state index in [0.29, 0.717) is 12.1 Å². The molecule has 0 saturated carbocycles. The summed E-state index contributed by atoms with van der Waals surface area (Å²) in [5.41, 5.74) is 1.23. The molecule has 1 aromatic rings. The van der Waals surface area contributed by atoms with Crippen LogP contribution in [-0.2, 0) is 0 Å². The van der Waals surface area contributed by atoms with Gasteiger partial charge in [-0.05, 0) is 25.8 Å². The summed E-state index contributed by atoms with van der Waals surface area (Å²) >= 11 is 0. The van der Waals surface area contributed by atoms with Crippen LogP contribution in [0.25, 0.3) is 0 Å². The average molecular weight is 221 g/mol. The van der Waals surface area contributed by atoms with Gasteiger partial charge in [0.15, 0.2) is 0 Å². The second kappa shape index (κ2) is 6.54. The Morgan fingerprint density at radius 2 is 1.81 bits per heavy atom. The highest BCUT2D eigenvalue weighted by atomic mass is 16.5. The lowest BCUT2D eigenvalue weighted by Gasteiger charge is -2.22. The van der Waals surface area contributed by atoms with Gasteiger partial charge in [0.1, 0.15) is 5.75 Å². The minimum absolute atomic E-state index is 0.334. The molecule has 0 spiro atoms. The molecule has 2 heteroatoms. The number of hydrogen-bond donors (Lipinski definition) is 1. The fourth-order valence-corrected chi connectivity index (χ4v) is 1.99. The van der Waals surface area contributed by atoms with Gasteiger partial charge in [-0.25, -0.2) is 0 Å². The first-order chi connectivity index (χ1) is 7.72. The molecule has 0 fully saturated rings. The van der Waals surface area contributed by atoms with E-state index >= 15 is 0 Å². The van der Waals surface area contributed by atoms with Gasteiger partial charge in [0.05, 0.1) is 7.11 Å². The second-order valence-corrected chi connectivity index (χ2v) is 4.14. The minimum Gasteiger partial charge on any atom is -0.496 e. The van der Waals surface area contributed by atoms with Crippen molar-refractivity contribution in [3.8, 4) is 5.75 Å². The predicted molar refractivity (Wildman–Crippen MR) is 68.9 cm³/mol. The molecule has 0 amide bonds. The van der Waals surface area contributed by atoms with Crippen LogP contribution in [0, 0.1) is 0 Å². The molecule has 0 radical (unpaired) electrons. The average Bonchev–Trinajstić information content (AvgIpc) is 2.35. The van der Waals surface area contributed by atoms with Crippen LogP contribution < -0.4 is 10.1 Å². The number of para-hydroxylation sites is 1. The molecule has 0 unspecified atom stereocenters. The van der Waals surface area contributed by atoms with Gasteiger partial charge >= 0.3 is 0 Å². The minimum atomic E-state index is 0.334. The molecule has 0 aliphatic carbocycles. The molecule has 0 heterocycles. The van der Waals surface area contributed by atoms with Crippen LogP contribution in [-0.4, -0.2) is 13.2 Å². The number of ether oxygens (including phenoxy) is 1. The molecule has 2 nitrogen and oxygen atoms in total. The Morgan fingerprint density at radius 1 is 1.19 bits per heavy atom. The Hall–Kier alpha value is -1.02. The SMILES string of the molecule is CCC(CC)N[C@@H](C)c1ccccc1OC. The highest BCUT2D eigenvalue weighted by Crippen LogP contribution is 2.25. The van der Waals surface area contributed by atoms with Crippen molar-refractivity contribution in [3.05, 3.63) is 29.8 Å². The lowest BCUT2D eigenvalue weighted by atomic mass is 10.0. The third kappa shape index (κ3) is 3.24. The zero-order valence-corrected chi connectivity index (χ0v) is 10.8. The van der Waals surface area contributed by atoms with Crippen LogP contribution in [0.2, 0.25) is 0 Å². The van der Waals surface area contributed by atoms with E-state index in [2.05, 4.69) is 38.2 Å². The van der Waals surface area contributed by atoms with Crippen LogP contribution >= 0.6 is 0 Å². The van der Waals surface area contributed by atoms with E-state index < -0.39 is 0 Å². The summed E-state index contributed by atoms with van der Waals surface area (Å²) in [7, 11) is 1.72. The van der Waals surface area contributed by atoms with Crippen LogP contribution in [0.4, 0.5) is 0 Å². The maximum absolute atomic E-state index is 5.38. The fourth-order valence-electron chi connectivity index (χ4n) is 1.99. The summed E-state index contributed by atoms with van der Waals surface area (Å²) < 4.78 is 5.38. The van der Waals surface area contributed by atoms with Gasteiger partial charge in [-0.2, -0.15) is 0 Å². The zero-order valence-electron chi connectivity index (χ0n) is 10.8. The quantitative estimate of drug-likeness (QED) is 0.793. The Kier molecular flexibility index (Phi) is 5.33. The van der Waals surface area contributed by atoms with Crippen molar-refractivity contribution in [2.75, 3.05) is 7.11 Å². The Bertz CT molecular complexity index is 307.